The van der Waals surface area contributed by atoms with Gasteiger partial charge in [-0.05, 0) is 43.2 Å². The van der Waals surface area contributed by atoms with Crippen LogP contribution >= 0.6 is 0 Å². The van der Waals surface area contributed by atoms with Gasteiger partial charge in [0.25, 0.3) is 5.69 Å². The molecule has 0 aromatic heterocycles. The van der Waals surface area contributed by atoms with E-state index in [4.69, 9.17) is 0 Å². The van der Waals surface area contributed by atoms with Gasteiger partial charge in [0.2, 0.25) is 11.8 Å². The second-order valence-electron chi connectivity index (χ2n) is 7.81. The Kier molecular flexibility index (Phi) is 4.81. The second-order valence-corrected chi connectivity index (χ2v) is 7.81. The Bertz CT molecular complexity index is 895. The molecule has 1 heterocycles. The van der Waals surface area contributed by atoms with E-state index in [1.54, 1.807) is 6.92 Å². The Hall–Kier alpha value is -3.23. The van der Waals surface area contributed by atoms with Crippen molar-refractivity contribution in [1.29, 1.82) is 0 Å². The lowest BCUT2D eigenvalue weighted by molar-refractivity contribution is -0.384. The fraction of sp³-hybridized carbons (Fsp3) is 0.450. The number of non-ortho nitro benzene ring substituents is 1. The van der Waals surface area contributed by atoms with Crippen molar-refractivity contribution in [3.8, 4) is 0 Å². The maximum absolute atomic E-state index is 12.7. The van der Waals surface area contributed by atoms with Crippen LogP contribution in [0.2, 0.25) is 0 Å². The van der Waals surface area contributed by atoms with Gasteiger partial charge in [-0.2, -0.15) is 0 Å². The van der Waals surface area contributed by atoms with Crippen LogP contribution in [-0.2, 0) is 9.59 Å². The fourth-order valence-electron chi connectivity index (χ4n) is 4.71. The van der Waals surface area contributed by atoms with Crippen LogP contribution in [0.3, 0.4) is 0 Å². The minimum Gasteiger partial charge on any atom is -0.336 e. The number of carbonyl (C=O) groups excluding carboxylic acids is 3. The van der Waals surface area contributed by atoms with Crippen LogP contribution in [-0.4, -0.2) is 40.8 Å². The fourth-order valence-corrected chi connectivity index (χ4v) is 4.71. The molecule has 5 rings (SSSR count). The highest BCUT2D eigenvalue weighted by Gasteiger charge is 2.56. The molecule has 1 aromatic rings. The first-order chi connectivity index (χ1) is 13.9. The van der Waals surface area contributed by atoms with Crippen molar-refractivity contribution in [2.75, 3.05) is 18.4 Å². The number of allylic oxidation sites excluding steroid dienone is 2. The van der Waals surface area contributed by atoms with Crippen molar-refractivity contribution < 1.29 is 19.3 Å². The summed E-state index contributed by atoms with van der Waals surface area (Å²) in [5, 5.41) is 16.1. The topological polar surface area (TPSA) is 122 Å². The summed E-state index contributed by atoms with van der Waals surface area (Å²) in [6.07, 6.45) is 6.04. The molecule has 4 aliphatic rings. The molecule has 4 amide bonds. The van der Waals surface area contributed by atoms with E-state index in [1.807, 2.05) is 0 Å². The normalized spacial score (nSPS) is 27.1. The highest BCUT2D eigenvalue weighted by atomic mass is 16.6. The third-order valence-corrected chi connectivity index (χ3v) is 6.14. The Labute approximate surface area is 167 Å². The molecule has 1 aromatic carbocycles. The summed E-state index contributed by atoms with van der Waals surface area (Å²) >= 11 is 0. The lowest BCUT2D eigenvalue weighted by atomic mass is 9.63. The minimum absolute atomic E-state index is 0.0514. The summed E-state index contributed by atoms with van der Waals surface area (Å²) < 4.78 is 0. The smallest absolute Gasteiger partial charge is 0.319 e. The van der Waals surface area contributed by atoms with E-state index in [0.29, 0.717) is 11.3 Å². The molecule has 9 heteroatoms. The van der Waals surface area contributed by atoms with Gasteiger partial charge in [-0.3, -0.25) is 24.6 Å². The van der Waals surface area contributed by atoms with E-state index in [-0.39, 0.29) is 54.3 Å². The molecule has 4 atom stereocenters. The van der Waals surface area contributed by atoms with Crippen molar-refractivity contribution in [3.05, 3.63) is 46.0 Å². The number of hydrogen-bond donors (Lipinski definition) is 2. The van der Waals surface area contributed by atoms with Gasteiger partial charge in [0.1, 0.15) is 0 Å². The van der Waals surface area contributed by atoms with Gasteiger partial charge in [0.05, 0.1) is 16.8 Å². The Balaban J connectivity index is 1.31. The Morgan fingerprint density at radius 1 is 1.17 bits per heavy atom. The average molecular weight is 398 g/mol. The molecule has 1 saturated heterocycles. The number of urea groups is 1. The number of nitro benzene ring substituents is 1. The summed E-state index contributed by atoms with van der Waals surface area (Å²) in [6.45, 7) is 1.93. The van der Waals surface area contributed by atoms with Gasteiger partial charge in [0, 0.05) is 30.9 Å². The number of benzene rings is 1. The molecule has 2 bridgehead atoms. The quantitative estimate of drug-likeness (QED) is 0.341. The van der Waals surface area contributed by atoms with Gasteiger partial charge in [-0.25, -0.2) is 4.79 Å². The summed E-state index contributed by atoms with van der Waals surface area (Å²) in [5.74, 6) is -0.466. The Morgan fingerprint density at radius 2 is 1.79 bits per heavy atom. The van der Waals surface area contributed by atoms with E-state index < -0.39 is 11.0 Å². The van der Waals surface area contributed by atoms with Crippen molar-refractivity contribution in [2.24, 2.45) is 23.7 Å². The van der Waals surface area contributed by atoms with Crippen LogP contribution in [0.5, 0.6) is 0 Å². The number of likely N-dealkylation sites (tertiary alicyclic amines) is 1. The number of hydrogen-bond acceptors (Lipinski definition) is 5. The molecule has 2 N–H and O–H groups in total. The zero-order valence-electron chi connectivity index (χ0n) is 16.0. The van der Waals surface area contributed by atoms with Gasteiger partial charge in [-0.1, -0.05) is 12.2 Å². The monoisotopic (exact) mass is 398 g/mol. The molecule has 29 heavy (non-hydrogen) atoms. The zero-order chi connectivity index (χ0) is 20.7. The molecule has 9 nitrogen and oxygen atoms in total. The molecular weight excluding hydrogens is 376 g/mol. The van der Waals surface area contributed by atoms with Crippen molar-refractivity contribution in [2.45, 2.75) is 19.8 Å². The van der Waals surface area contributed by atoms with Gasteiger partial charge in [-0.15, -0.1) is 0 Å². The van der Waals surface area contributed by atoms with Gasteiger partial charge < -0.3 is 10.6 Å². The molecule has 0 spiro atoms. The number of amides is 4. The van der Waals surface area contributed by atoms with E-state index in [1.165, 1.54) is 23.1 Å². The SMILES string of the molecule is Cc1cc([N+](=O)[O-])ccc1NC(=O)NCCN1C(=O)[C@@H]2[C@@H](C1=O)[C@H]1C=C[C@H]2CC1. The van der Waals surface area contributed by atoms with Crippen LogP contribution in [0, 0.1) is 40.7 Å². The molecule has 152 valence electrons. The van der Waals surface area contributed by atoms with Crippen molar-refractivity contribution in [1.82, 2.24) is 10.2 Å². The first-order valence-corrected chi connectivity index (χ1v) is 9.70. The molecule has 0 radical (unpaired) electrons. The van der Waals surface area contributed by atoms with Crippen LogP contribution in [0.25, 0.3) is 0 Å². The summed E-state index contributed by atoms with van der Waals surface area (Å²) in [6, 6.07) is 3.66. The summed E-state index contributed by atoms with van der Waals surface area (Å²) in [7, 11) is 0. The molecule has 1 aliphatic heterocycles. The minimum atomic E-state index is -0.500. The number of aryl methyl sites for hydroxylation is 1. The summed E-state index contributed by atoms with van der Waals surface area (Å²) in [5.41, 5.74) is 0.964. The predicted octanol–water partition coefficient (Wildman–Crippen LogP) is 2.22. The molecule has 0 unspecified atom stereocenters. The van der Waals surface area contributed by atoms with E-state index in [2.05, 4.69) is 22.8 Å². The van der Waals surface area contributed by atoms with Gasteiger partial charge >= 0.3 is 6.03 Å². The number of nitrogens with one attached hydrogen (secondary N) is 2. The number of carbonyl (C=O) groups is 3. The molecule has 3 aliphatic carbocycles. The zero-order valence-corrected chi connectivity index (χ0v) is 16.0. The standard InChI is InChI=1S/C20H22N4O5/c1-11-10-14(24(28)29)6-7-15(11)22-20(27)21-8-9-23-18(25)16-12-2-3-13(5-4-12)17(16)19(23)26/h2-3,6-7,10,12-13,16-17H,4-5,8-9H2,1H3,(H2,21,22,27)/t12-,13-,16-,17-/m0/s1. The molecule has 1 saturated carbocycles. The van der Waals surface area contributed by atoms with Crippen LogP contribution < -0.4 is 10.6 Å². The van der Waals surface area contributed by atoms with Gasteiger partial charge in [0.15, 0.2) is 0 Å². The number of rotatable bonds is 5. The molecular formula is C20H22N4O5. The first kappa shape index (κ1) is 19.1. The lowest BCUT2D eigenvalue weighted by Crippen LogP contribution is -2.40. The lowest BCUT2D eigenvalue weighted by Gasteiger charge is -2.38. The highest BCUT2D eigenvalue weighted by Crippen LogP contribution is 2.49. The number of nitrogens with zero attached hydrogens (tertiary/aromatic N) is 2. The molecule has 2 fully saturated rings. The largest absolute Gasteiger partial charge is 0.336 e. The predicted molar refractivity (Wildman–Crippen MR) is 104 cm³/mol. The van der Waals surface area contributed by atoms with E-state index >= 15 is 0 Å². The van der Waals surface area contributed by atoms with Crippen LogP contribution in [0.4, 0.5) is 16.2 Å². The van der Waals surface area contributed by atoms with Crippen molar-refractivity contribution in [3.63, 3.8) is 0 Å². The number of nitro groups is 1. The maximum atomic E-state index is 12.7. The third-order valence-electron chi connectivity index (χ3n) is 6.14. The van der Waals surface area contributed by atoms with Crippen molar-refractivity contribution >= 4 is 29.2 Å². The number of imide groups is 1. The number of fused-ring (bicyclic) bond motifs is 1. The highest BCUT2D eigenvalue weighted by molar-refractivity contribution is 6.06. The number of anilines is 1. The third kappa shape index (κ3) is 3.37. The van der Waals surface area contributed by atoms with E-state index in [9.17, 15) is 24.5 Å². The van der Waals surface area contributed by atoms with Crippen LogP contribution in [0.15, 0.2) is 30.4 Å². The Morgan fingerprint density at radius 3 is 2.31 bits per heavy atom. The van der Waals surface area contributed by atoms with Crippen LogP contribution in [0.1, 0.15) is 18.4 Å². The van der Waals surface area contributed by atoms with E-state index in [0.717, 1.165) is 12.8 Å². The summed E-state index contributed by atoms with van der Waals surface area (Å²) in [4.78, 5) is 49.2. The first-order valence-electron chi connectivity index (χ1n) is 9.70. The average Bonchev–Trinajstić information content (AvgIpc) is 2.97. The maximum Gasteiger partial charge on any atom is 0.319 e. The second kappa shape index (κ2) is 7.31.